The third-order valence-corrected chi connectivity index (χ3v) is 9.27. The Morgan fingerprint density at radius 2 is 1.90 bits per heavy atom. The number of piperazine rings is 1. The summed E-state index contributed by atoms with van der Waals surface area (Å²) in [7, 11) is 0. The number of rotatable bonds is 8. The van der Waals surface area contributed by atoms with E-state index >= 15 is 0 Å². The summed E-state index contributed by atoms with van der Waals surface area (Å²) >= 11 is 1.39. The van der Waals surface area contributed by atoms with Crippen molar-refractivity contribution in [2.24, 2.45) is 0 Å². The molecule has 2 saturated heterocycles. The number of aryl methyl sites for hydroxylation is 1. The number of benzene rings is 1. The van der Waals surface area contributed by atoms with Gasteiger partial charge in [-0.2, -0.15) is 5.26 Å². The van der Waals surface area contributed by atoms with Crippen LogP contribution in [0.3, 0.4) is 0 Å². The van der Waals surface area contributed by atoms with Crippen LogP contribution in [0.2, 0.25) is 0 Å². The Morgan fingerprint density at radius 3 is 2.67 bits per heavy atom. The molecule has 0 spiro atoms. The van der Waals surface area contributed by atoms with Gasteiger partial charge in [0.15, 0.2) is 0 Å². The number of likely N-dealkylation sites (tertiary alicyclic amines) is 1. The van der Waals surface area contributed by atoms with E-state index in [4.69, 9.17) is 0 Å². The first-order chi connectivity index (χ1) is 19.1. The van der Waals surface area contributed by atoms with Crippen LogP contribution >= 0.6 is 11.3 Å². The third-order valence-electron chi connectivity index (χ3n) is 8.27. The molecule has 0 unspecified atom stereocenters. The highest BCUT2D eigenvalue weighted by molar-refractivity contribution is 7.18. The summed E-state index contributed by atoms with van der Waals surface area (Å²) in [6, 6.07) is 11.2. The Morgan fingerprint density at radius 1 is 1.08 bits per heavy atom. The van der Waals surface area contributed by atoms with Gasteiger partial charge in [0.05, 0.1) is 5.39 Å². The SMILES string of the molecule is Cc1c(CN2CCC(Nc3ncnc4sc(CF)cc34)CC2)ccc2c1cc(C#N)n2CCN1CCNCC1. The van der Waals surface area contributed by atoms with Crippen LogP contribution in [-0.4, -0.2) is 76.2 Å². The molecule has 5 heterocycles. The Bertz CT molecular complexity index is 1490. The van der Waals surface area contributed by atoms with E-state index in [9.17, 15) is 9.65 Å². The molecular weight excluding hydrogens is 511 g/mol. The monoisotopic (exact) mass is 546 g/mol. The van der Waals surface area contributed by atoms with Crippen LogP contribution < -0.4 is 10.6 Å². The van der Waals surface area contributed by atoms with Gasteiger partial charge in [-0.1, -0.05) is 6.07 Å². The van der Waals surface area contributed by atoms with Gasteiger partial charge < -0.3 is 15.2 Å². The maximum Gasteiger partial charge on any atom is 0.138 e. The van der Waals surface area contributed by atoms with Gasteiger partial charge >= 0.3 is 0 Å². The van der Waals surface area contributed by atoms with Crippen molar-refractivity contribution < 1.29 is 4.39 Å². The zero-order valence-electron chi connectivity index (χ0n) is 22.4. The van der Waals surface area contributed by atoms with Crippen LogP contribution in [0, 0.1) is 18.3 Å². The van der Waals surface area contributed by atoms with Crippen LogP contribution in [-0.2, 0) is 19.8 Å². The van der Waals surface area contributed by atoms with E-state index in [1.807, 2.05) is 6.07 Å². The number of alkyl halides is 1. The second-order valence-corrected chi connectivity index (χ2v) is 11.8. The number of piperidine rings is 1. The Hall–Kier alpha value is -3.10. The molecule has 0 saturated carbocycles. The fourth-order valence-electron chi connectivity index (χ4n) is 5.96. The third kappa shape index (κ3) is 5.50. The average Bonchev–Trinajstić information content (AvgIpc) is 3.57. The van der Waals surface area contributed by atoms with Crippen molar-refractivity contribution >= 4 is 38.3 Å². The molecule has 10 heteroatoms. The molecule has 204 valence electrons. The topological polar surface area (TPSA) is 85.0 Å². The van der Waals surface area contributed by atoms with E-state index in [-0.39, 0.29) is 0 Å². The lowest BCUT2D eigenvalue weighted by Gasteiger charge is -2.33. The fourth-order valence-corrected chi connectivity index (χ4v) is 6.80. The quantitative estimate of drug-likeness (QED) is 0.341. The van der Waals surface area contributed by atoms with Gasteiger partial charge in [-0.05, 0) is 49.1 Å². The van der Waals surface area contributed by atoms with Crippen molar-refractivity contribution in [3.05, 3.63) is 52.3 Å². The summed E-state index contributed by atoms with van der Waals surface area (Å²) in [6.07, 6.45) is 3.61. The van der Waals surface area contributed by atoms with E-state index in [0.717, 1.165) is 99.0 Å². The molecule has 8 nitrogen and oxygen atoms in total. The van der Waals surface area contributed by atoms with Gasteiger partial charge in [-0.25, -0.2) is 14.4 Å². The number of fused-ring (bicyclic) bond motifs is 2. The number of anilines is 1. The molecule has 2 N–H and O–H groups in total. The summed E-state index contributed by atoms with van der Waals surface area (Å²) in [5.41, 5.74) is 4.50. The van der Waals surface area contributed by atoms with Gasteiger partial charge in [0.2, 0.25) is 0 Å². The summed E-state index contributed by atoms with van der Waals surface area (Å²) in [5, 5.41) is 19.0. The van der Waals surface area contributed by atoms with Crippen LogP contribution in [0.1, 0.15) is 34.5 Å². The normalized spacial score (nSPS) is 17.7. The van der Waals surface area contributed by atoms with E-state index in [2.05, 4.69) is 66.2 Å². The largest absolute Gasteiger partial charge is 0.367 e. The maximum absolute atomic E-state index is 13.2. The number of halogens is 1. The van der Waals surface area contributed by atoms with Crippen molar-refractivity contribution in [2.45, 2.75) is 45.6 Å². The minimum Gasteiger partial charge on any atom is -0.367 e. The number of aromatic nitrogens is 3. The maximum atomic E-state index is 13.2. The molecule has 0 atom stereocenters. The first kappa shape index (κ1) is 26.1. The van der Waals surface area contributed by atoms with Crippen molar-refractivity contribution in [1.82, 2.24) is 29.7 Å². The Balaban J connectivity index is 1.10. The molecule has 0 amide bonds. The molecule has 6 rings (SSSR count). The molecule has 0 aliphatic carbocycles. The van der Waals surface area contributed by atoms with Crippen LogP contribution in [0.15, 0.2) is 30.6 Å². The van der Waals surface area contributed by atoms with Crippen LogP contribution in [0.25, 0.3) is 21.1 Å². The number of thiophene rings is 1. The molecule has 2 aliphatic heterocycles. The molecule has 4 aromatic rings. The van der Waals surface area contributed by atoms with E-state index in [1.165, 1.54) is 27.8 Å². The summed E-state index contributed by atoms with van der Waals surface area (Å²) in [4.78, 5) is 15.3. The molecule has 0 radical (unpaired) electrons. The highest BCUT2D eigenvalue weighted by Gasteiger charge is 2.22. The van der Waals surface area contributed by atoms with Gasteiger partial charge in [-0.15, -0.1) is 11.3 Å². The van der Waals surface area contributed by atoms with Gasteiger partial charge in [0.25, 0.3) is 0 Å². The highest BCUT2D eigenvalue weighted by atomic mass is 32.1. The van der Waals surface area contributed by atoms with E-state index in [1.54, 1.807) is 6.33 Å². The van der Waals surface area contributed by atoms with Gasteiger partial charge in [0, 0.05) is 80.7 Å². The number of hydrogen-bond acceptors (Lipinski definition) is 8. The number of nitrogens with one attached hydrogen (secondary N) is 2. The molecule has 1 aromatic carbocycles. The first-order valence-electron chi connectivity index (χ1n) is 13.9. The molecule has 2 fully saturated rings. The van der Waals surface area contributed by atoms with Crippen molar-refractivity contribution in [1.29, 1.82) is 5.26 Å². The zero-order chi connectivity index (χ0) is 26.8. The molecule has 0 bridgehead atoms. The van der Waals surface area contributed by atoms with Crippen LogP contribution in [0.5, 0.6) is 0 Å². The van der Waals surface area contributed by atoms with E-state index in [0.29, 0.717) is 10.9 Å². The average molecular weight is 547 g/mol. The van der Waals surface area contributed by atoms with Crippen molar-refractivity contribution in [2.75, 3.05) is 51.1 Å². The molecular formula is C29H35FN8S. The Labute approximate surface area is 232 Å². The Kier molecular flexibility index (Phi) is 7.75. The molecule has 39 heavy (non-hydrogen) atoms. The standard InChI is InChI=1S/C29H35FN8S/c1-20-21(2-3-27-25(20)14-23(17-31)38(27)13-12-36-10-6-32-7-11-36)18-37-8-4-22(5-9-37)35-28-26-15-24(16-30)39-29(26)34-19-33-28/h2-3,14-15,19,22,32H,4-13,16,18H2,1H3,(H,33,34,35). The summed E-state index contributed by atoms with van der Waals surface area (Å²) in [5.74, 6) is 0.811. The minimum absolute atomic E-state index is 0.333. The lowest BCUT2D eigenvalue weighted by molar-refractivity contribution is 0.211. The first-order valence-corrected chi connectivity index (χ1v) is 14.7. The predicted octanol–water partition coefficient (Wildman–Crippen LogP) is 4.28. The second-order valence-electron chi connectivity index (χ2n) is 10.6. The summed E-state index contributed by atoms with van der Waals surface area (Å²) in [6.45, 7) is 10.6. The molecule has 3 aromatic heterocycles. The smallest absolute Gasteiger partial charge is 0.138 e. The number of nitrogens with zero attached hydrogens (tertiary/aromatic N) is 6. The predicted molar refractivity (Wildman–Crippen MR) is 155 cm³/mol. The molecule has 2 aliphatic rings. The van der Waals surface area contributed by atoms with E-state index < -0.39 is 6.67 Å². The fraction of sp³-hybridized carbons (Fsp3) is 0.483. The van der Waals surface area contributed by atoms with Crippen molar-refractivity contribution in [3.63, 3.8) is 0 Å². The highest BCUT2D eigenvalue weighted by Crippen LogP contribution is 2.31. The van der Waals surface area contributed by atoms with Gasteiger partial charge in [-0.3, -0.25) is 9.80 Å². The summed E-state index contributed by atoms with van der Waals surface area (Å²) < 4.78 is 15.3. The number of hydrogen-bond donors (Lipinski definition) is 2. The lowest BCUT2D eigenvalue weighted by atomic mass is 10.0. The number of nitriles is 1. The minimum atomic E-state index is -0.469. The lowest BCUT2D eigenvalue weighted by Crippen LogP contribution is -2.44. The second kappa shape index (κ2) is 11.6. The van der Waals surface area contributed by atoms with Crippen LogP contribution in [0.4, 0.5) is 10.2 Å². The zero-order valence-corrected chi connectivity index (χ0v) is 23.2. The van der Waals surface area contributed by atoms with Crippen molar-refractivity contribution in [3.8, 4) is 6.07 Å². The van der Waals surface area contributed by atoms with Gasteiger partial charge in [0.1, 0.15) is 35.4 Å².